The average Bonchev–Trinajstić information content (AvgIpc) is 2.73. The molecule has 0 fully saturated rings. The average molecular weight is 238 g/mol. The fraction of sp³-hybridized carbons (Fsp3) is 0.133. The smallest absolute Gasteiger partial charge is 0.117 e. The Morgan fingerprint density at radius 2 is 2.00 bits per heavy atom. The molecule has 0 spiro atoms. The quantitative estimate of drug-likeness (QED) is 0.720. The number of aromatic hydroxyl groups is 1. The Morgan fingerprint density at radius 1 is 1.17 bits per heavy atom. The normalized spacial score (nSPS) is 10.9. The lowest BCUT2D eigenvalue weighted by molar-refractivity contribution is 0.476. The van der Waals surface area contributed by atoms with Crippen LogP contribution in [0.25, 0.3) is 11.0 Å². The van der Waals surface area contributed by atoms with Gasteiger partial charge in [0.1, 0.15) is 11.6 Å². The van der Waals surface area contributed by atoms with Crippen LogP contribution in [0.3, 0.4) is 0 Å². The maximum atomic E-state index is 9.43. The summed E-state index contributed by atoms with van der Waals surface area (Å²) in [5.74, 6) is 1.18. The van der Waals surface area contributed by atoms with Gasteiger partial charge in [-0.1, -0.05) is 24.3 Å². The molecule has 2 N–H and O–H groups in total. The van der Waals surface area contributed by atoms with Gasteiger partial charge >= 0.3 is 0 Å². The number of H-pyrrole nitrogens is 1. The van der Waals surface area contributed by atoms with Crippen LogP contribution in [0.4, 0.5) is 0 Å². The van der Waals surface area contributed by atoms with Crippen LogP contribution >= 0.6 is 0 Å². The number of hydrogen-bond donors (Lipinski definition) is 2. The third-order valence-electron chi connectivity index (χ3n) is 3.13. The molecule has 0 aliphatic heterocycles. The van der Waals surface area contributed by atoms with Gasteiger partial charge in [0.2, 0.25) is 0 Å². The van der Waals surface area contributed by atoms with Gasteiger partial charge in [0.05, 0.1) is 11.0 Å². The van der Waals surface area contributed by atoms with Crippen molar-refractivity contribution in [2.45, 2.75) is 13.3 Å². The number of aromatic nitrogens is 2. The van der Waals surface area contributed by atoms with Crippen LogP contribution < -0.4 is 0 Å². The Kier molecular flexibility index (Phi) is 2.52. The lowest BCUT2D eigenvalue weighted by Gasteiger charge is -2.02. The van der Waals surface area contributed by atoms with Gasteiger partial charge in [-0.2, -0.15) is 0 Å². The number of rotatable bonds is 2. The van der Waals surface area contributed by atoms with Gasteiger partial charge < -0.3 is 10.1 Å². The number of aromatic amines is 1. The number of phenols is 1. The first-order chi connectivity index (χ1) is 8.72. The molecule has 0 unspecified atom stereocenters. The summed E-state index contributed by atoms with van der Waals surface area (Å²) < 4.78 is 0. The predicted octanol–water partition coefficient (Wildman–Crippen LogP) is 3.17. The number of nitrogens with zero attached hydrogens (tertiary/aromatic N) is 1. The molecular formula is C15H14N2O. The van der Waals surface area contributed by atoms with Crippen molar-refractivity contribution in [3.05, 3.63) is 59.4 Å². The summed E-state index contributed by atoms with van der Waals surface area (Å²) in [6, 6.07) is 13.5. The van der Waals surface area contributed by atoms with Crippen LogP contribution in [0.1, 0.15) is 17.0 Å². The van der Waals surface area contributed by atoms with Crippen LogP contribution in [-0.4, -0.2) is 15.1 Å². The molecule has 0 saturated heterocycles. The third-order valence-corrected chi connectivity index (χ3v) is 3.13. The number of imidazole rings is 1. The maximum Gasteiger partial charge on any atom is 0.117 e. The van der Waals surface area contributed by atoms with E-state index in [1.807, 2.05) is 18.2 Å². The van der Waals surface area contributed by atoms with Gasteiger partial charge in [0, 0.05) is 12.5 Å². The van der Waals surface area contributed by atoms with Gasteiger partial charge in [-0.05, 0) is 30.2 Å². The first-order valence-corrected chi connectivity index (χ1v) is 5.94. The summed E-state index contributed by atoms with van der Waals surface area (Å²) >= 11 is 0. The molecule has 1 aromatic heterocycles. The van der Waals surface area contributed by atoms with Crippen molar-refractivity contribution in [3.8, 4) is 5.75 Å². The van der Waals surface area contributed by atoms with Crippen LogP contribution in [0.5, 0.6) is 5.75 Å². The maximum absolute atomic E-state index is 9.43. The van der Waals surface area contributed by atoms with E-state index < -0.39 is 0 Å². The summed E-state index contributed by atoms with van der Waals surface area (Å²) in [5, 5.41) is 9.43. The predicted molar refractivity (Wildman–Crippen MR) is 71.7 cm³/mol. The first kappa shape index (κ1) is 10.8. The zero-order valence-electron chi connectivity index (χ0n) is 10.1. The summed E-state index contributed by atoms with van der Waals surface area (Å²) in [5.41, 5.74) is 4.29. The molecule has 1 heterocycles. The van der Waals surface area contributed by atoms with Crippen molar-refractivity contribution in [3.63, 3.8) is 0 Å². The van der Waals surface area contributed by atoms with E-state index in [2.05, 4.69) is 29.0 Å². The second-order valence-electron chi connectivity index (χ2n) is 4.49. The molecule has 0 bridgehead atoms. The SMILES string of the molecule is Cc1ccccc1Cc1nc2ccc(O)cc2[nH]1. The second-order valence-corrected chi connectivity index (χ2v) is 4.49. The van der Waals surface area contributed by atoms with Crippen molar-refractivity contribution in [2.24, 2.45) is 0 Å². The van der Waals surface area contributed by atoms with E-state index in [1.165, 1.54) is 11.1 Å². The Morgan fingerprint density at radius 3 is 2.83 bits per heavy atom. The van der Waals surface area contributed by atoms with E-state index in [9.17, 15) is 5.11 Å². The molecule has 0 saturated carbocycles. The molecule has 0 aliphatic rings. The van der Waals surface area contributed by atoms with Gasteiger partial charge in [0.25, 0.3) is 0 Å². The van der Waals surface area contributed by atoms with Crippen LogP contribution in [-0.2, 0) is 6.42 Å². The molecule has 2 aromatic carbocycles. The Bertz CT molecular complexity index is 701. The molecule has 3 aromatic rings. The Hall–Kier alpha value is -2.29. The third kappa shape index (κ3) is 1.95. The number of nitrogens with one attached hydrogen (secondary N) is 1. The van der Waals surface area contributed by atoms with Crippen molar-refractivity contribution in [1.82, 2.24) is 9.97 Å². The van der Waals surface area contributed by atoms with Gasteiger partial charge in [-0.3, -0.25) is 0 Å². The number of hydrogen-bond acceptors (Lipinski definition) is 2. The number of phenolic OH excluding ortho intramolecular Hbond substituents is 1. The highest BCUT2D eigenvalue weighted by Crippen LogP contribution is 2.19. The molecule has 0 radical (unpaired) electrons. The van der Waals surface area contributed by atoms with Crippen molar-refractivity contribution < 1.29 is 5.11 Å². The largest absolute Gasteiger partial charge is 0.508 e. The first-order valence-electron chi connectivity index (χ1n) is 5.94. The minimum atomic E-state index is 0.258. The van der Waals surface area contributed by atoms with E-state index in [0.717, 1.165) is 23.3 Å². The molecule has 90 valence electrons. The van der Waals surface area contributed by atoms with Gasteiger partial charge in [-0.25, -0.2) is 4.98 Å². The van der Waals surface area contributed by atoms with Crippen LogP contribution in [0.2, 0.25) is 0 Å². The van der Waals surface area contributed by atoms with Crippen molar-refractivity contribution >= 4 is 11.0 Å². The standard InChI is InChI=1S/C15H14N2O/c1-10-4-2-3-5-11(10)8-15-16-13-7-6-12(18)9-14(13)17-15/h2-7,9,18H,8H2,1H3,(H,16,17). The van der Waals surface area contributed by atoms with Gasteiger partial charge in [-0.15, -0.1) is 0 Å². The van der Waals surface area contributed by atoms with E-state index >= 15 is 0 Å². The monoisotopic (exact) mass is 238 g/mol. The lowest BCUT2D eigenvalue weighted by atomic mass is 10.1. The van der Waals surface area contributed by atoms with Crippen molar-refractivity contribution in [2.75, 3.05) is 0 Å². The topological polar surface area (TPSA) is 48.9 Å². The highest BCUT2D eigenvalue weighted by Gasteiger charge is 2.05. The van der Waals surface area contributed by atoms with Gasteiger partial charge in [0.15, 0.2) is 0 Å². The fourth-order valence-electron chi connectivity index (χ4n) is 2.12. The zero-order chi connectivity index (χ0) is 12.5. The van der Waals surface area contributed by atoms with Crippen LogP contribution in [0.15, 0.2) is 42.5 Å². The van der Waals surface area contributed by atoms with Crippen LogP contribution in [0, 0.1) is 6.92 Å². The van der Waals surface area contributed by atoms with E-state index in [-0.39, 0.29) is 5.75 Å². The number of aryl methyl sites for hydroxylation is 1. The molecule has 3 heteroatoms. The van der Waals surface area contributed by atoms with E-state index in [0.29, 0.717) is 0 Å². The highest BCUT2D eigenvalue weighted by molar-refractivity contribution is 5.76. The second kappa shape index (κ2) is 4.18. The summed E-state index contributed by atoms with van der Waals surface area (Å²) in [4.78, 5) is 7.76. The Labute approximate surface area is 105 Å². The molecule has 0 atom stereocenters. The molecule has 3 rings (SSSR count). The number of benzene rings is 2. The molecule has 0 aliphatic carbocycles. The molecule has 0 amide bonds. The molecule has 3 nitrogen and oxygen atoms in total. The Balaban J connectivity index is 1.98. The van der Waals surface area contributed by atoms with E-state index in [1.54, 1.807) is 12.1 Å². The minimum absolute atomic E-state index is 0.258. The minimum Gasteiger partial charge on any atom is -0.508 e. The summed E-state index contributed by atoms with van der Waals surface area (Å²) in [6.07, 6.45) is 0.780. The fourth-order valence-corrected chi connectivity index (χ4v) is 2.12. The molecular weight excluding hydrogens is 224 g/mol. The molecule has 18 heavy (non-hydrogen) atoms. The zero-order valence-corrected chi connectivity index (χ0v) is 10.1. The number of fused-ring (bicyclic) bond motifs is 1. The summed E-state index contributed by atoms with van der Waals surface area (Å²) in [6.45, 7) is 2.10. The van der Waals surface area contributed by atoms with Crippen molar-refractivity contribution in [1.29, 1.82) is 0 Å². The summed E-state index contributed by atoms with van der Waals surface area (Å²) in [7, 11) is 0. The van der Waals surface area contributed by atoms with E-state index in [4.69, 9.17) is 0 Å². The lowest BCUT2D eigenvalue weighted by Crippen LogP contribution is -1.93. The highest BCUT2D eigenvalue weighted by atomic mass is 16.3.